The Morgan fingerprint density at radius 2 is 0.559 bits per heavy atom. The van der Waals surface area contributed by atoms with E-state index in [4.69, 9.17) is 11.6 Å². The maximum atomic E-state index is 5.63. The van der Waals surface area contributed by atoms with Crippen LogP contribution in [0.4, 0.5) is 0 Å². The SMILES string of the molecule is CCCCCCCCCCCCCCCCCCCCCCCCCCCCCCC=CCCl. The Balaban J connectivity index is 3.01. The highest BCUT2D eigenvalue weighted by atomic mass is 35.5. The van der Waals surface area contributed by atoms with Gasteiger partial charge in [0.1, 0.15) is 0 Å². The molecule has 0 aliphatic rings. The average molecular weight is 497 g/mol. The van der Waals surface area contributed by atoms with Gasteiger partial charge in [-0.15, -0.1) is 11.6 Å². The molecule has 0 aromatic carbocycles. The van der Waals surface area contributed by atoms with Crippen molar-refractivity contribution in [2.45, 2.75) is 193 Å². The molecule has 0 heterocycles. The Hall–Kier alpha value is 0.0300. The van der Waals surface area contributed by atoms with Crippen LogP contribution < -0.4 is 0 Å². The molecule has 0 aromatic rings. The summed E-state index contributed by atoms with van der Waals surface area (Å²) in [7, 11) is 0. The molecular weight excluding hydrogens is 432 g/mol. The standard InChI is InChI=1S/C33H65Cl/c1-2-3-4-5-6-7-8-9-10-11-12-13-14-15-16-17-18-19-20-21-22-23-24-25-26-27-28-29-30-31-32-33-34/h31-32H,2-30,33H2,1H3. The van der Waals surface area contributed by atoms with Crippen LogP contribution in [0.5, 0.6) is 0 Å². The first kappa shape index (κ1) is 34.0. The monoisotopic (exact) mass is 496 g/mol. The van der Waals surface area contributed by atoms with Crippen LogP contribution in [0.15, 0.2) is 12.2 Å². The van der Waals surface area contributed by atoms with Gasteiger partial charge in [-0.05, 0) is 12.8 Å². The summed E-state index contributed by atoms with van der Waals surface area (Å²) in [5.74, 6) is 0.666. The van der Waals surface area contributed by atoms with E-state index in [1.54, 1.807) is 0 Å². The fourth-order valence-corrected chi connectivity index (χ4v) is 5.24. The molecule has 0 radical (unpaired) electrons. The van der Waals surface area contributed by atoms with Crippen LogP contribution in [-0.2, 0) is 0 Å². The third-order valence-corrected chi connectivity index (χ3v) is 7.66. The Bertz CT molecular complexity index is 362. The van der Waals surface area contributed by atoms with Crippen LogP contribution in [0.1, 0.15) is 193 Å². The largest absolute Gasteiger partial charge is 0.122 e. The molecule has 0 aromatic heterocycles. The lowest BCUT2D eigenvalue weighted by molar-refractivity contribution is 0.514. The molecule has 1 heteroatoms. The van der Waals surface area contributed by atoms with Crippen molar-refractivity contribution in [1.29, 1.82) is 0 Å². The topological polar surface area (TPSA) is 0 Å². The van der Waals surface area contributed by atoms with E-state index >= 15 is 0 Å². The highest BCUT2D eigenvalue weighted by Gasteiger charge is 1.96. The van der Waals surface area contributed by atoms with Crippen LogP contribution in [0.2, 0.25) is 0 Å². The molecule has 0 aliphatic heterocycles. The number of alkyl halides is 1. The Morgan fingerprint density at radius 3 is 0.794 bits per heavy atom. The second kappa shape index (κ2) is 33.0. The van der Waals surface area contributed by atoms with Gasteiger partial charge < -0.3 is 0 Å². The van der Waals surface area contributed by atoms with Crippen molar-refractivity contribution >= 4 is 11.6 Å². The summed E-state index contributed by atoms with van der Waals surface area (Å²) in [5, 5.41) is 0. The minimum Gasteiger partial charge on any atom is -0.122 e. The minimum atomic E-state index is 0.666. The minimum absolute atomic E-state index is 0.666. The molecule has 0 rings (SSSR count). The maximum Gasteiger partial charge on any atom is 0.0404 e. The van der Waals surface area contributed by atoms with Gasteiger partial charge in [-0.1, -0.05) is 192 Å². The van der Waals surface area contributed by atoms with Crippen LogP contribution in [0, 0.1) is 0 Å². The predicted molar refractivity (Wildman–Crippen MR) is 159 cm³/mol. The number of unbranched alkanes of at least 4 members (excludes halogenated alkanes) is 28. The summed E-state index contributed by atoms with van der Waals surface area (Å²) in [6.07, 6.45) is 46.5. The maximum absolute atomic E-state index is 5.63. The predicted octanol–water partition coefficient (Wildman–Crippen LogP) is 13.1. The Morgan fingerprint density at radius 1 is 0.324 bits per heavy atom. The van der Waals surface area contributed by atoms with E-state index in [9.17, 15) is 0 Å². The number of hydrogen-bond donors (Lipinski definition) is 0. The first-order valence-electron chi connectivity index (χ1n) is 16.1. The normalized spacial score (nSPS) is 11.7. The smallest absolute Gasteiger partial charge is 0.0404 e. The van der Waals surface area contributed by atoms with Crippen LogP contribution in [-0.4, -0.2) is 5.88 Å². The molecule has 0 fully saturated rings. The van der Waals surface area contributed by atoms with E-state index < -0.39 is 0 Å². The second-order valence-corrected chi connectivity index (χ2v) is 11.3. The van der Waals surface area contributed by atoms with Gasteiger partial charge >= 0.3 is 0 Å². The van der Waals surface area contributed by atoms with Gasteiger partial charge in [0.05, 0.1) is 0 Å². The Labute approximate surface area is 222 Å². The summed E-state index contributed by atoms with van der Waals surface area (Å²) in [4.78, 5) is 0. The molecule has 0 unspecified atom stereocenters. The van der Waals surface area contributed by atoms with E-state index in [0.29, 0.717) is 5.88 Å². The summed E-state index contributed by atoms with van der Waals surface area (Å²) in [6, 6.07) is 0. The number of hydrogen-bond acceptors (Lipinski definition) is 0. The third kappa shape index (κ3) is 32.0. The second-order valence-electron chi connectivity index (χ2n) is 11.0. The number of halogens is 1. The number of allylic oxidation sites excluding steroid dienone is 2. The summed E-state index contributed by atoms with van der Waals surface area (Å²) >= 11 is 5.63. The van der Waals surface area contributed by atoms with Gasteiger partial charge in [0.2, 0.25) is 0 Å². The highest BCUT2D eigenvalue weighted by Crippen LogP contribution is 2.16. The van der Waals surface area contributed by atoms with Crippen LogP contribution in [0.3, 0.4) is 0 Å². The zero-order chi connectivity index (χ0) is 24.6. The zero-order valence-corrected chi connectivity index (χ0v) is 24.5. The molecule has 0 N–H and O–H groups in total. The van der Waals surface area contributed by atoms with Crippen molar-refractivity contribution in [2.24, 2.45) is 0 Å². The first-order chi connectivity index (χ1) is 16.9. The molecule has 0 bridgehead atoms. The molecule has 0 atom stereocenters. The van der Waals surface area contributed by atoms with Crippen molar-refractivity contribution in [3.63, 3.8) is 0 Å². The molecule has 204 valence electrons. The lowest BCUT2D eigenvalue weighted by Crippen LogP contribution is -1.85. The van der Waals surface area contributed by atoms with Crippen LogP contribution >= 0.6 is 11.6 Å². The van der Waals surface area contributed by atoms with Gasteiger partial charge in [-0.25, -0.2) is 0 Å². The summed E-state index contributed by atoms with van der Waals surface area (Å²) in [6.45, 7) is 2.30. The third-order valence-electron chi connectivity index (χ3n) is 7.48. The number of rotatable bonds is 30. The van der Waals surface area contributed by atoms with Gasteiger partial charge in [0.15, 0.2) is 0 Å². The van der Waals surface area contributed by atoms with Crippen molar-refractivity contribution in [3.05, 3.63) is 12.2 Å². The van der Waals surface area contributed by atoms with Crippen molar-refractivity contribution in [2.75, 3.05) is 5.88 Å². The van der Waals surface area contributed by atoms with E-state index in [2.05, 4.69) is 19.1 Å². The lowest BCUT2D eigenvalue weighted by Gasteiger charge is -2.04. The molecule has 0 amide bonds. The zero-order valence-electron chi connectivity index (χ0n) is 23.7. The van der Waals surface area contributed by atoms with E-state index in [-0.39, 0.29) is 0 Å². The quantitative estimate of drug-likeness (QED) is 0.0526. The fraction of sp³-hybridized carbons (Fsp3) is 0.939. The highest BCUT2D eigenvalue weighted by molar-refractivity contribution is 6.18. The van der Waals surface area contributed by atoms with Gasteiger partial charge in [0, 0.05) is 5.88 Å². The van der Waals surface area contributed by atoms with E-state index in [0.717, 1.165) is 0 Å². The van der Waals surface area contributed by atoms with E-state index in [1.165, 1.54) is 186 Å². The molecular formula is C33H65Cl. The average Bonchev–Trinajstić information content (AvgIpc) is 2.85. The lowest BCUT2D eigenvalue weighted by atomic mass is 10.0. The van der Waals surface area contributed by atoms with Gasteiger partial charge in [0.25, 0.3) is 0 Å². The van der Waals surface area contributed by atoms with Crippen molar-refractivity contribution in [3.8, 4) is 0 Å². The fourth-order valence-electron chi connectivity index (χ4n) is 5.11. The molecule has 0 nitrogen and oxygen atoms in total. The van der Waals surface area contributed by atoms with Crippen molar-refractivity contribution < 1.29 is 0 Å². The van der Waals surface area contributed by atoms with Crippen molar-refractivity contribution in [1.82, 2.24) is 0 Å². The molecule has 0 saturated carbocycles. The molecule has 0 aliphatic carbocycles. The van der Waals surface area contributed by atoms with E-state index in [1.807, 2.05) is 0 Å². The summed E-state index contributed by atoms with van der Waals surface area (Å²) < 4.78 is 0. The summed E-state index contributed by atoms with van der Waals surface area (Å²) in [5.41, 5.74) is 0. The van der Waals surface area contributed by atoms with Crippen LogP contribution in [0.25, 0.3) is 0 Å². The molecule has 34 heavy (non-hydrogen) atoms. The molecule has 0 spiro atoms. The van der Waals surface area contributed by atoms with Gasteiger partial charge in [-0.3, -0.25) is 0 Å². The van der Waals surface area contributed by atoms with Gasteiger partial charge in [-0.2, -0.15) is 0 Å². The Kier molecular flexibility index (Phi) is 33.1. The first-order valence-corrected chi connectivity index (χ1v) is 16.7. The molecule has 0 saturated heterocycles.